The van der Waals surface area contributed by atoms with Gasteiger partial charge in [-0.05, 0) is 142 Å². The van der Waals surface area contributed by atoms with E-state index < -0.39 is 0 Å². The lowest BCUT2D eigenvalue weighted by molar-refractivity contribution is -0.146. The summed E-state index contributed by atoms with van der Waals surface area (Å²) in [4.78, 5) is 134. The summed E-state index contributed by atoms with van der Waals surface area (Å²) < 4.78 is 84.1. The fourth-order valence-corrected chi connectivity index (χ4v) is 6.96. The van der Waals surface area contributed by atoms with Crippen molar-refractivity contribution >= 4 is 80.5 Å². The predicted molar refractivity (Wildman–Crippen MR) is 368 cm³/mol. The molecule has 0 amide bonds. The highest BCUT2D eigenvalue weighted by atomic mass is 16.6. The summed E-state index contributed by atoms with van der Waals surface area (Å²) in [5, 5.41) is 0. The fraction of sp³-hybridized carbons (Fsp3) is 0.347. The van der Waals surface area contributed by atoms with Crippen molar-refractivity contribution in [2.45, 2.75) is 147 Å². The van der Waals surface area contributed by atoms with E-state index in [-0.39, 0.29) is 73.2 Å². The third-order valence-electron chi connectivity index (χ3n) is 11.9. The van der Waals surface area contributed by atoms with Gasteiger partial charge < -0.3 is 77.6 Å². The Bertz CT molecular complexity index is 3880. The average Bonchev–Trinajstić information content (AvgIpc) is 1.85. The van der Waals surface area contributed by atoms with Crippen LogP contribution in [0.1, 0.15) is 234 Å². The minimum atomic E-state index is -0.376. The molecule has 0 unspecified atom stereocenters. The number of hydrogen-bond donors (Lipinski definition) is 0. The van der Waals surface area contributed by atoms with E-state index in [9.17, 15) is 62.3 Å². The van der Waals surface area contributed by atoms with E-state index in [1.54, 1.807) is 112 Å². The van der Waals surface area contributed by atoms with E-state index in [4.69, 9.17) is 68.2 Å². The summed E-state index contributed by atoms with van der Waals surface area (Å²) >= 11 is 0. The van der Waals surface area contributed by atoms with Gasteiger partial charge in [0.1, 0.15) is 105 Å². The van der Waals surface area contributed by atoms with Crippen LogP contribution in [-0.2, 0) is 110 Å². The lowest BCUT2D eigenvalue weighted by Crippen LogP contribution is -2.02. The summed E-state index contributed by atoms with van der Waals surface area (Å²) in [5.74, 6) is 7.15. The third-order valence-corrected chi connectivity index (χ3v) is 11.9. The van der Waals surface area contributed by atoms with Crippen LogP contribution in [0.3, 0.4) is 0 Å². The first-order valence-corrected chi connectivity index (χ1v) is 32.4. The second kappa shape index (κ2) is 57.8. The first-order chi connectivity index (χ1) is 50.8. The number of furan rings is 9. The summed E-state index contributed by atoms with van der Waals surface area (Å²) in [6, 6.07) is 29.4. The highest BCUT2D eigenvalue weighted by Crippen LogP contribution is 2.14. The molecule has 0 saturated heterocycles. The number of carbonyl (C=O) groups is 13. The average molecular weight is 1470 g/mol. The number of carbonyl (C=O) groups excluding carboxylic acids is 13. The Labute approximate surface area is 604 Å². The molecule has 0 N–H and O–H groups in total. The van der Waals surface area contributed by atoms with E-state index in [0.29, 0.717) is 178 Å². The summed E-state index contributed by atoms with van der Waals surface area (Å²) in [7, 11) is 1.57. The molecule has 9 rings (SSSR count). The highest BCUT2D eigenvalue weighted by molar-refractivity contribution is 5.91. The van der Waals surface area contributed by atoms with Crippen LogP contribution in [0.4, 0.5) is 0 Å². The normalized spacial score (nSPS) is 9.72. The molecule has 0 atom stereocenters. The van der Waals surface area contributed by atoms with Crippen molar-refractivity contribution in [2.24, 2.45) is 0 Å². The standard InChI is InChI=1S/C11H14O4.C10H14O3.C9H10O4.C9H12O3.C8H8O4.C8H10O3.C7H6O4.C7H8O3.C6H6O2/c1-3-4-11(13)14-7-9-5-6-10(15-9)8(2)12;1-2-3-6-12-8-10-5-4-9(7-11)13-10;1-2-9(11)12-6-8-4-3-7(5-10)13-8;1-2-5-11-7-9-4-3-8(6-10)12-9;1-6(10)11-5-8-3-2-7(4-9)12-8;1-2-10-6-8-4-3-7(5-9)11-8;8-3-6-1-2-7(11-6)4-10-5-9;1-9-5-7-3-2-6(4-8)10-7;1-5-2-3-6(4-7)8-5/h5-6H,3-4,7H2,1-2H3;4-5,7H,2-3,6,8H2,1H3;3-5H,2,6H2,1H3;3-4,6H,2,5,7H2,1H3;2-4H,5H2,1H3;3-5H,2,6H2,1H3;1-3,5H,4H2;2-4H,5H2,1H3;2-4H,1H3. The van der Waals surface area contributed by atoms with E-state index in [1.165, 1.54) is 32.0 Å². The van der Waals surface area contributed by atoms with E-state index in [2.05, 4.69) is 16.4 Å². The second-order valence-electron chi connectivity index (χ2n) is 20.5. The molecule has 9 heterocycles. The molecular weight excluding hydrogens is 1380 g/mol. The molecule has 105 heavy (non-hydrogen) atoms. The van der Waals surface area contributed by atoms with Gasteiger partial charge in [-0.1, -0.05) is 34.1 Å². The number of Topliss-reactive ketones (excluding diaryl/α,β-unsaturated/α-hetero) is 1. The number of rotatable bonds is 35. The minimum absolute atomic E-state index is 0.0668. The van der Waals surface area contributed by atoms with E-state index in [0.717, 1.165) is 44.7 Å². The fourth-order valence-electron chi connectivity index (χ4n) is 6.96. The molecule has 0 aromatic carbocycles. The molecule has 30 nitrogen and oxygen atoms in total. The van der Waals surface area contributed by atoms with Crippen LogP contribution in [0.5, 0.6) is 0 Å². The van der Waals surface area contributed by atoms with Crippen molar-refractivity contribution in [1.82, 2.24) is 0 Å². The van der Waals surface area contributed by atoms with Crippen molar-refractivity contribution in [1.29, 1.82) is 0 Å². The van der Waals surface area contributed by atoms with Crippen LogP contribution in [-0.4, -0.2) is 107 Å². The van der Waals surface area contributed by atoms with Gasteiger partial charge in [0, 0.05) is 53.6 Å². The van der Waals surface area contributed by atoms with Gasteiger partial charge in [-0.2, -0.15) is 0 Å². The maximum Gasteiger partial charge on any atom is 0.306 e. The SMILES string of the molecule is CC(=O)OCc1ccc(C=O)o1.CCC(=O)OCc1ccc(C=O)o1.CCCC(=O)OCc1ccc(C(C)=O)o1.CCCCOCc1ccc(C=O)o1.CCCOCc1ccc(C=O)o1.CCOCc1ccc(C=O)o1.COCc1ccc(C=O)o1.Cc1ccc(C=O)o1.O=COCc1ccc(C=O)o1. The molecule has 30 heteroatoms. The molecular formula is C75H88O30. The Balaban J connectivity index is 0.000000593. The van der Waals surface area contributed by atoms with Gasteiger partial charge in [-0.3, -0.25) is 62.3 Å². The zero-order valence-corrected chi connectivity index (χ0v) is 59.9. The smallest absolute Gasteiger partial charge is 0.306 e. The van der Waals surface area contributed by atoms with E-state index in [1.807, 2.05) is 20.8 Å². The van der Waals surface area contributed by atoms with Gasteiger partial charge in [0.2, 0.25) is 0 Å². The Morgan fingerprint density at radius 3 is 1.00 bits per heavy atom. The van der Waals surface area contributed by atoms with Crippen LogP contribution in [0.2, 0.25) is 0 Å². The Hall–Kier alpha value is -11.7. The lowest BCUT2D eigenvalue weighted by atomic mass is 10.3. The third kappa shape index (κ3) is 43.6. The molecule has 0 aliphatic heterocycles. The Morgan fingerprint density at radius 2 is 0.695 bits per heavy atom. The van der Waals surface area contributed by atoms with Crippen LogP contribution in [0.15, 0.2) is 149 Å². The van der Waals surface area contributed by atoms with Crippen molar-refractivity contribution < 1.29 is 140 Å². The molecule has 568 valence electrons. The maximum atomic E-state index is 11.0. The monoisotopic (exact) mass is 1470 g/mol. The number of unbranched alkanes of at least 4 members (excludes halogenated alkanes) is 1. The Morgan fingerprint density at radius 1 is 0.352 bits per heavy atom. The first kappa shape index (κ1) is 91.3. The van der Waals surface area contributed by atoms with Crippen LogP contribution in [0.25, 0.3) is 0 Å². The minimum Gasteiger partial charge on any atom is -0.460 e. The number of ether oxygens (including phenoxy) is 8. The van der Waals surface area contributed by atoms with Gasteiger partial charge in [0.15, 0.2) is 108 Å². The number of ketones is 1. The van der Waals surface area contributed by atoms with E-state index >= 15 is 0 Å². The number of aldehydes is 8. The Kier molecular flexibility index (Phi) is 50.3. The zero-order chi connectivity index (χ0) is 77.8. The van der Waals surface area contributed by atoms with Gasteiger partial charge in [-0.15, -0.1) is 0 Å². The summed E-state index contributed by atoms with van der Waals surface area (Å²) in [6.07, 6.45) is 9.85. The number of aryl methyl sites for hydroxylation is 1. The molecule has 0 radical (unpaired) electrons. The number of esters is 3. The van der Waals surface area contributed by atoms with Crippen molar-refractivity contribution in [2.75, 3.05) is 26.9 Å². The van der Waals surface area contributed by atoms with Crippen LogP contribution < -0.4 is 0 Å². The molecule has 0 aliphatic carbocycles. The van der Waals surface area contributed by atoms with Gasteiger partial charge in [-0.25, -0.2) is 0 Å². The van der Waals surface area contributed by atoms with Crippen molar-refractivity contribution in [3.8, 4) is 0 Å². The molecule has 0 bridgehead atoms. The molecule has 9 aromatic rings. The maximum absolute atomic E-state index is 11.0. The lowest BCUT2D eigenvalue weighted by Gasteiger charge is -2.00. The predicted octanol–water partition coefficient (Wildman–Crippen LogP) is 14.5. The quantitative estimate of drug-likeness (QED) is 0.0117. The number of hydrogen-bond acceptors (Lipinski definition) is 30. The van der Waals surface area contributed by atoms with Gasteiger partial charge in [0.05, 0.1) is 0 Å². The highest BCUT2D eigenvalue weighted by Gasteiger charge is 2.10. The second-order valence-corrected chi connectivity index (χ2v) is 20.5. The first-order valence-electron chi connectivity index (χ1n) is 32.4. The van der Waals surface area contributed by atoms with Gasteiger partial charge >= 0.3 is 17.9 Å². The van der Waals surface area contributed by atoms with Gasteiger partial charge in [0.25, 0.3) is 6.47 Å². The number of methoxy groups -OCH3 is 1. The van der Waals surface area contributed by atoms with Crippen LogP contribution in [0, 0.1) is 6.92 Å². The zero-order valence-electron chi connectivity index (χ0n) is 59.9. The molecule has 0 fully saturated rings. The molecule has 9 aromatic heterocycles. The topological polar surface area (TPSA) is 414 Å². The largest absolute Gasteiger partial charge is 0.460 e. The summed E-state index contributed by atoms with van der Waals surface area (Å²) in [6.45, 7) is 18.7. The van der Waals surface area contributed by atoms with Crippen molar-refractivity contribution in [3.05, 3.63) is 213 Å². The summed E-state index contributed by atoms with van der Waals surface area (Å²) in [5.41, 5.74) is 0. The molecule has 0 saturated carbocycles. The van der Waals surface area contributed by atoms with Crippen LogP contribution >= 0.6 is 0 Å². The molecule has 0 aliphatic rings. The molecule has 0 spiro atoms. The van der Waals surface area contributed by atoms with Crippen molar-refractivity contribution in [3.63, 3.8) is 0 Å².